The molecule has 3 rings (SSSR count). The van der Waals surface area contributed by atoms with Crippen molar-refractivity contribution in [2.75, 3.05) is 11.5 Å². The molecule has 0 amide bonds. The van der Waals surface area contributed by atoms with E-state index in [2.05, 4.69) is 0 Å². The molecule has 1 heterocycles. The van der Waals surface area contributed by atoms with Crippen molar-refractivity contribution < 1.29 is 46.8 Å². The van der Waals surface area contributed by atoms with Crippen molar-refractivity contribution in [1.29, 1.82) is 0 Å². The molecule has 2 aromatic rings. The van der Waals surface area contributed by atoms with Gasteiger partial charge in [-0.2, -0.15) is 0 Å². The number of sulfone groups is 1. The van der Waals surface area contributed by atoms with Gasteiger partial charge in [-0.15, -0.1) is 0 Å². The van der Waals surface area contributed by atoms with Crippen molar-refractivity contribution in [2.45, 2.75) is 11.8 Å². The number of ether oxygens (including phenoxy) is 1. The molecule has 0 unspecified atom stereocenters. The topological polar surface area (TPSA) is 145 Å². The molecule has 0 bridgehead atoms. The van der Waals surface area contributed by atoms with Gasteiger partial charge in [0, 0.05) is 11.9 Å². The van der Waals surface area contributed by atoms with E-state index >= 15 is 0 Å². The minimum Gasteiger partial charge on any atom is -0.462 e. The van der Waals surface area contributed by atoms with Crippen LogP contribution in [0.5, 0.6) is 0 Å². The fraction of sp³-hybridized carbons (Fsp3) is 0.118. The van der Waals surface area contributed by atoms with Crippen LogP contribution in [-0.4, -0.2) is 55.3 Å². The van der Waals surface area contributed by atoms with Crippen LogP contribution in [0.1, 0.15) is 6.92 Å². The first-order valence-electron chi connectivity index (χ1n) is 8.76. The molecule has 2 aromatic carbocycles. The highest BCUT2D eigenvalue weighted by Crippen LogP contribution is 2.40. The number of carbonyl (C=O) groups is 1. The Hall–Kier alpha value is -2.77. The van der Waals surface area contributed by atoms with Crippen molar-refractivity contribution in [3.8, 4) is 0 Å². The summed E-state index contributed by atoms with van der Waals surface area (Å²) >= 11 is 0. The molecule has 1 aliphatic rings. The second-order valence-electron chi connectivity index (χ2n) is 6.43. The number of hydrogen-bond donors (Lipinski definition) is 4. The molecule has 0 saturated heterocycles. The van der Waals surface area contributed by atoms with Crippen LogP contribution < -0.4 is 15.8 Å². The lowest BCUT2D eigenvalue weighted by Crippen LogP contribution is -2.35. The number of carbonyl (C=O) groups excluding carboxylic acids is 1. The molecule has 0 atom stereocenters. The Morgan fingerprint density at radius 2 is 1.65 bits per heavy atom. The maximum absolute atomic E-state index is 14.8. The predicted octanol–water partition coefficient (Wildman–Crippen LogP) is -1.35. The van der Waals surface area contributed by atoms with Gasteiger partial charge in [-0.1, -0.05) is 0 Å². The molecular formula is C17H15B2F2NO8S. The third-order valence-electron chi connectivity index (χ3n) is 4.37. The standard InChI is InChI=1S/C17H15B2F2NO8S/c1-2-30-17(23)15-8-22(12-4-9(18(24)25)3-11(20)7-12)14-6-10(19(26)27)5-13(21)16(14)31(15,28)29/h3-8,24-27H,2H2,1H3. The van der Waals surface area contributed by atoms with Crippen molar-refractivity contribution in [1.82, 2.24) is 0 Å². The summed E-state index contributed by atoms with van der Waals surface area (Å²) in [5.41, 5.74) is -1.39. The minimum absolute atomic E-state index is 0.183. The Labute approximate surface area is 176 Å². The summed E-state index contributed by atoms with van der Waals surface area (Å²) in [7, 11) is -8.99. The molecule has 0 saturated carbocycles. The van der Waals surface area contributed by atoms with Crippen LogP contribution in [-0.2, 0) is 19.4 Å². The van der Waals surface area contributed by atoms with Crippen molar-refractivity contribution in [3.05, 3.63) is 53.1 Å². The molecule has 0 spiro atoms. The molecule has 4 N–H and O–H groups in total. The summed E-state index contributed by atoms with van der Waals surface area (Å²) in [4.78, 5) is 11.2. The number of nitrogens with zero attached hydrogens (tertiary/aromatic N) is 1. The summed E-state index contributed by atoms with van der Waals surface area (Å²) in [6, 6.07) is 4.24. The number of hydrogen-bond acceptors (Lipinski definition) is 9. The van der Waals surface area contributed by atoms with Gasteiger partial charge in [0.05, 0.1) is 12.3 Å². The molecule has 162 valence electrons. The highest BCUT2D eigenvalue weighted by atomic mass is 32.2. The Kier molecular flexibility index (Phi) is 6.21. The molecule has 14 heteroatoms. The first kappa shape index (κ1) is 22.9. The van der Waals surface area contributed by atoms with E-state index in [9.17, 15) is 42.1 Å². The van der Waals surface area contributed by atoms with Gasteiger partial charge in [-0.25, -0.2) is 22.0 Å². The Bertz CT molecular complexity index is 1190. The number of rotatable bonds is 5. The number of anilines is 2. The SMILES string of the molecule is CCOC(=O)C1=CN(c2cc(F)cc(B(O)O)c2)c2cc(B(O)O)cc(F)c2S1(=O)=O. The largest absolute Gasteiger partial charge is 0.488 e. The first-order valence-corrected chi connectivity index (χ1v) is 10.2. The Balaban J connectivity index is 2.36. The Morgan fingerprint density at radius 3 is 2.23 bits per heavy atom. The van der Waals surface area contributed by atoms with Gasteiger partial charge in [0.15, 0.2) is 4.91 Å². The lowest BCUT2D eigenvalue weighted by molar-refractivity contribution is -0.137. The van der Waals surface area contributed by atoms with E-state index in [0.29, 0.717) is 6.07 Å². The van der Waals surface area contributed by atoms with E-state index in [0.717, 1.165) is 35.4 Å². The third kappa shape index (κ3) is 4.20. The van der Waals surface area contributed by atoms with E-state index in [4.69, 9.17) is 4.74 Å². The number of halogens is 2. The van der Waals surface area contributed by atoms with Gasteiger partial charge in [0.1, 0.15) is 16.5 Å². The zero-order valence-electron chi connectivity index (χ0n) is 15.9. The molecule has 0 aliphatic carbocycles. The predicted molar refractivity (Wildman–Crippen MR) is 106 cm³/mol. The number of fused-ring (bicyclic) bond motifs is 1. The molecule has 31 heavy (non-hydrogen) atoms. The molecular weight excluding hydrogens is 438 g/mol. The normalized spacial score (nSPS) is 14.5. The zero-order chi connectivity index (χ0) is 23.1. The maximum Gasteiger partial charge on any atom is 0.488 e. The zero-order valence-corrected chi connectivity index (χ0v) is 16.7. The molecule has 0 radical (unpaired) electrons. The van der Waals surface area contributed by atoms with Crippen LogP contribution in [0.2, 0.25) is 0 Å². The van der Waals surface area contributed by atoms with E-state index in [1.807, 2.05) is 0 Å². The lowest BCUT2D eigenvalue weighted by Gasteiger charge is -2.29. The molecule has 0 aromatic heterocycles. The molecule has 0 fully saturated rings. The van der Waals surface area contributed by atoms with Crippen LogP contribution in [0.15, 0.2) is 46.3 Å². The van der Waals surface area contributed by atoms with Gasteiger partial charge in [-0.3, -0.25) is 0 Å². The maximum atomic E-state index is 14.8. The second kappa shape index (κ2) is 8.40. The monoisotopic (exact) mass is 453 g/mol. The average molecular weight is 453 g/mol. The number of benzene rings is 2. The van der Waals surface area contributed by atoms with Crippen LogP contribution in [0.3, 0.4) is 0 Å². The van der Waals surface area contributed by atoms with E-state index < -0.39 is 62.6 Å². The smallest absolute Gasteiger partial charge is 0.462 e. The molecule has 1 aliphatic heterocycles. The van der Waals surface area contributed by atoms with Crippen LogP contribution in [0, 0.1) is 11.6 Å². The highest BCUT2D eigenvalue weighted by Gasteiger charge is 2.40. The van der Waals surface area contributed by atoms with Crippen molar-refractivity contribution in [3.63, 3.8) is 0 Å². The summed E-state index contributed by atoms with van der Waals surface area (Å²) in [6.07, 6.45) is 0.755. The minimum atomic E-state index is -4.74. The van der Waals surface area contributed by atoms with Crippen LogP contribution in [0.25, 0.3) is 0 Å². The average Bonchev–Trinajstić information content (AvgIpc) is 2.66. The van der Waals surface area contributed by atoms with Gasteiger partial charge in [0.25, 0.3) is 0 Å². The fourth-order valence-corrected chi connectivity index (χ4v) is 4.51. The van der Waals surface area contributed by atoms with E-state index in [-0.39, 0.29) is 17.8 Å². The van der Waals surface area contributed by atoms with Crippen molar-refractivity contribution >= 4 is 52.3 Å². The van der Waals surface area contributed by atoms with E-state index in [1.165, 1.54) is 6.92 Å². The Morgan fingerprint density at radius 1 is 1.03 bits per heavy atom. The fourth-order valence-electron chi connectivity index (χ4n) is 3.02. The summed E-state index contributed by atoms with van der Waals surface area (Å²) in [6.45, 7) is 1.24. The van der Waals surface area contributed by atoms with Gasteiger partial charge >= 0.3 is 20.2 Å². The third-order valence-corrected chi connectivity index (χ3v) is 6.16. The lowest BCUT2D eigenvalue weighted by atomic mass is 9.79. The summed E-state index contributed by atoms with van der Waals surface area (Å²) in [5.74, 6) is -3.62. The summed E-state index contributed by atoms with van der Waals surface area (Å²) in [5, 5.41) is 37.6. The summed E-state index contributed by atoms with van der Waals surface area (Å²) < 4.78 is 59.5. The number of esters is 1. The highest BCUT2D eigenvalue weighted by molar-refractivity contribution is 7.96. The van der Waals surface area contributed by atoms with Crippen LogP contribution >= 0.6 is 0 Å². The van der Waals surface area contributed by atoms with Gasteiger partial charge in [0.2, 0.25) is 9.84 Å². The van der Waals surface area contributed by atoms with E-state index in [1.54, 1.807) is 0 Å². The van der Waals surface area contributed by atoms with Gasteiger partial charge in [-0.05, 0) is 48.2 Å². The van der Waals surface area contributed by atoms with Crippen LogP contribution in [0.4, 0.5) is 20.2 Å². The van der Waals surface area contributed by atoms with Crippen molar-refractivity contribution in [2.24, 2.45) is 0 Å². The second-order valence-corrected chi connectivity index (χ2v) is 8.28. The quantitative estimate of drug-likeness (QED) is 0.319. The molecule has 9 nitrogen and oxygen atoms in total. The first-order chi connectivity index (χ1) is 14.5. The van der Waals surface area contributed by atoms with Gasteiger partial charge < -0.3 is 29.7 Å².